The van der Waals surface area contributed by atoms with Crippen molar-refractivity contribution in [3.05, 3.63) is 35.4 Å². The van der Waals surface area contributed by atoms with E-state index in [9.17, 15) is 8.42 Å². The summed E-state index contributed by atoms with van der Waals surface area (Å²) in [4.78, 5) is 0. The molecule has 1 aromatic carbocycles. The lowest BCUT2D eigenvalue weighted by molar-refractivity contribution is 0.0320. The number of nitrogens with two attached hydrogens (primary N) is 1. The standard InChI is InChI=1S/C13H22N2O4S/c1-18-9-13(19-2)8-15-20(16,17)10-12-5-3-4-11(6-12)7-14/h3-6,13,15H,7-10,14H2,1-2H3. The van der Waals surface area contributed by atoms with Gasteiger partial charge in [0.2, 0.25) is 10.0 Å². The minimum Gasteiger partial charge on any atom is -0.382 e. The molecule has 0 aliphatic heterocycles. The Balaban J connectivity index is 2.60. The predicted octanol–water partition coefficient (Wildman–Crippen LogP) is 0.226. The van der Waals surface area contributed by atoms with E-state index in [1.54, 1.807) is 25.3 Å². The van der Waals surface area contributed by atoms with E-state index in [2.05, 4.69) is 4.72 Å². The number of ether oxygens (including phenoxy) is 2. The topological polar surface area (TPSA) is 90.7 Å². The van der Waals surface area contributed by atoms with Crippen molar-refractivity contribution in [2.75, 3.05) is 27.4 Å². The zero-order chi connectivity index (χ0) is 15.0. The summed E-state index contributed by atoms with van der Waals surface area (Å²) in [6.45, 7) is 0.909. The first kappa shape index (κ1) is 17.1. The second-order valence-corrected chi connectivity index (χ2v) is 6.25. The van der Waals surface area contributed by atoms with E-state index in [4.69, 9.17) is 15.2 Å². The van der Waals surface area contributed by atoms with E-state index in [-0.39, 0.29) is 18.4 Å². The average molecular weight is 302 g/mol. The Morgan fingerprint density at radius 2 is 2.00 bits per heavy atom. The van der Waals surface area contributed by atoms with Gasteiger partial charge in [0, 0.05) is 27.3 Å². The number of rotatable bonds is 9. The van der Waals surface area contributed by atoms with Gasteiger partial charge in [0.25, 0.3) is 0 Å². The molecule has 3 N–H and O–H groups in total. The van der Waals surface area contributed by atoms with Crippen molar-refractivity contribution in [3.8, 4) is 0 Å². The molecule has 7 heteroatoms. The molecule has 0 radical (unpaired) electrons. The molecule has 114 valence electrons. The minimum atomic E-state index is -3.41. The maximum atomic E-state index is 12.0. The molecule has 1 atom stereocenters. The largest absolute Gasteiger partial charge is 0.382 e. The Morgan fingerprint density at radius 1 is 1.30 bits per heavy atom. The Bertz CT molecular complexity index is 505. The number of benzene rings is 1. The van der Waals surface area contributed by atoms with Crippen LogP contribution in [0.2, 0.25) is 0 Å². The summed E-state index contributed by atoms with van der Waals surface area (Å²) in [6, 6.07) is 7.22. The summed E-state index contributed by atoms with van der Waals surface area (Å²) in [5.41, 5.74) is 7.16. The highest BCUT2D eigenvalue weighted by Crippen LogP contribution is 2.08. The van der Waals surface area contributed by atoms with Gasteiger partial charge in [0.15, 0.2) is 0 Å². The Kier molecular flexibility index (Phi) is 7.11. The molecule has 0 saturated heterocycles. The molecule has 1 aromatic rings. The summed E-state index contributed by atoms with van der Waals surface area (Å²) < 4.78 is 36.5. The zero-order valence-corrected chi connectivity index (χ0v) is 12.7. The van der Waals surface area contributed by atoms with Gasteiger partial charge >= 0.3 is 0 Å². The monoisotopic (exact) mass is 302 g/mol. The number of methoxy groups -OCH3 is 2. The van der Waals surface area contributed by atoms with Crippen LogP contribution in [0, 0.1) is 0 Å². The molecule has 0 saturated carbocycles. The van der Waals surface area contributed by atoms with Crippen LogP contribution >= 0.6 is 0 Å². The molecule has 0 spiro atoms. The molecule has 0 heterocycles. The molecular formula is C13H22N2O4S. The summed E-state index contributed by atoms with van der Waals surface area (Å²) in [5.74, 6) is -0.0791. The zero-order valence-electron chi connectivity index (χ0n) is 11.8. The fourth-order valence-corrected chi connectivity index (χ4v) is 2.89. The van der Waals surface area contributed by atoms with Crippen LogP contribution in [0.3, 0.4) is 0 Å². The number of hydrogen-bond donors (Lipinski definition) is 2. The van der Waals surface area contributed by atoms with Crippen LogP contribution in [-0.4, -0.2) is 41.9 Å². The van der Waals surface area contributed by atoms with Gasteiger partial charge in [-0.3, -0.25) is 0 Å². The van der Waals surface area contributed by atoms with Crippen molar-refractivity contribution in [1.82, 2.24) is 4.72 Å². The van der Waals surface area contributed by atoms with Crippen molar-refractivity contribution in [3.63, 3.8) is 0 Å². The van der Waals surface area contributed by atoms with Gasteiger partial charge in [-0.2, -0.15) is 0 Å². The van der Waals surface area contributed by atoms with Gasteiger partial charge in [0.1, 0.15) is 0 Å². The first-order chi connectivity index (χ1) is 9.50. The summed E-state index contributed by atoms with van der Waals surface area (Å²) in [5, 5.41) is 0. The van der Waals surface area contributed by atoms with E-state index in [0.29, 0.717) is 18.7 Å². The van der Waals surface area contributed by atoms with Crippen molar-refractivity contribution < 1.29 is 17.9 Å². The van der Waals surface area contributed by atoms with Crippen molar-refractivity contribution in [2.45, 2.75) is 18.4 Å². The average Bonchev–Trinajstić information content (AvgIpc) is 2.43. The smallest absolute Gasteiger partial charge is 0.215 e. The Labute approximate surface area is 120 Å². The normalized spacial score (nSPS) is 13.3. The molecule has 20 heavy (non-hydrogen) atoms. The van der Waals surface area contributed by atoms with Crippen LogP contribution in [0.5, 0.6) is 0 Å². The first-order valence-corrected chi connectivity index (χ1v) is 7.93. The molecule has 0 amide bonds. The lowest BCUT2D eigenvalue weighted by Gasteiger charge is -2.15. The van der Waals surface area contributed by atoms with Crippen molar-refractivity contribution in [1.29, 1.82) is 0 Å². The molecule has 6 nitrogen and oxygen atoms in total. The maximum absolute atomic E-state index is 12.0. The third kappa shape index (κ3) is 5.98. The van der Waals surface area contributed by atoms with E-state index < -0.39 is 10.0 Å². The van der Waals surface area contributed by atoms with E-state index in [1.807, 2.05) is 6.07 Å². The molecule has 1 rings (SSSR count). The van der Waals surface area contributed by atoms with Crippen LogP contribution in [0.4, 0.5) is 0 Å². The Hall–Kier alpha value is -0.990. The number of nitrogens with one attached hydrogen (secondary N) is 1. The van der Waals surface area contributed by atoms with E-state index in [0.717, 1.165) is 5.56 Å². The van der Waals surface area contributed by atoms with Gasteiger partial charge in [-0.15, -0.1) is 0 Å². The molecular weight excluding hydrogens is 280 g/mol. The lowest BCUT2D eigenvalue weighted by atomic mass is 10.1. The van der Waals surface area contributed by atoms with E-state index >= 15 is 0 Å². The van der Waals surface area contributed by atoms with E-state index in [1.165, 1.54) is 7.11 Å². The van der Waals surface area contributed by atoms with Crippen LogP contribution < -0.4 is 10.5 Å². The predicted molar refractivity (Wildman–Crippen MR) is 77.6 cm³/mol. The lowest BCUT2D eigenvalue weighted by Crippen LogP contribution is -2.36. The highest BCUT2D eigenvalue weighted by Gasteiger charge is 2.15. The van der Waals surface area contributed by atoms with Gasteiger partial charge in [-0.25, -0.2) is 13.1 Å². The Morgan fingerprint density at radius 3 is 2.60 bits per heavy atom. The fraction of sp³-hybridized carbons (Fsp3) is 0.538. The van der Waals surface area contributed by atoms with Crippen LogP contribution in [-0.2, 0) is 31.8 Å². The van der Waals surface area contributed by atoms with Gasteiger partial charge in [0.05, 0.1) is 18.5 Å². The second-order valence-electron chi connectivity index (χ2n) is 4.44. The molecule has 0 aliphatic rings. The van der Waals surface area contributed by atoms with Gasteiger partial charge in [-0.1, -0.05) is 24.3 Å². The third-order valence-corrected chi connectivity index (χ3v) is 4.12. The highest BCUT2D eigenvalue weighted by atomic mass is 32.2. The molecule has 0 bridgehead atoms. The quantitative estimate of drug-likeness (QED) is 0.681. The number of sulfonamides is 1. The third-order valence-electron chi connectivity index (χ3n) is 2.80. The maximum Gasteiger partial charge on any atom is 0.215 e. The van der Waals surface area contributed by atoms with Crippen LogP contribution in [0.1, 0.15) is 11.1 Å². The van der Waals surface area contributed by atoms with Crippen LogP contribution in [0.25, 0.3) is 0 Å². The minimum absolute atomic E-state index is 0.0791. The highest BCUT2D eigenvalue weighted by molar-refractivity contribution is 7.88. The second kappa shape index (κ2) is 8.33. The van der Waals surface area contributed by atoms with Crippen molar-refractivity contribution in [2.24, 2.45) is 5.73 Å². The first-order valence-electron chi connectivity index (χ1n) is 6.27. The van der Waals surface area contributed by atoms with Crippen LogP contribution in [0.15, 0.2) is 24.3 Å². The van der Waals surface area contributed by atoms with Gasteiger partial charge < -0.3 is 15.2 Å². The molecule has 1 unspecified atom stereocenters. The SMILES string of the molecule is COCC(CNS(=O)(=O)Cc1cccc(CN)c1)OC. The van der Waals surface area contributed by atoms with Gasteiger partial charge in [-0.05, 0) is 11.1 Å². The molecule has 0 aromatic heterocycles. The van der Waals surface area contributed by atoms with Crippen molar-refractivity contribution >= 4 is 10.0 Å². The summed E-state index contributed by atoms with van der Waals surface area (Å²) in [7, 11) is -0.352. The number of hydrogen-bond acceptors (Lipinski definition) is 5. The summed E-state index contributed by atoms with van der Waals surface area (Å²) >= 11 is 0. The molecule has 0 aliphatic carbocycles. The summed E-state index contributed by atoms with van der Waals surface area (Å²) in [6.07, 6.45) is -0.301. The molecule has 0 fully saturated rings. The fourth-order valence-electron chi connectivity index (χ4n) is 1.73.